The van der Waals surface area contributed by atoms with Gasteiger partial charge in [-0.3, -0.25) is 4.79 Å². The third-order valence-corrected chi connectivity index (χ3v) is 1.48. The number of rotatable bonds is 0. The lowest BCUT2D eigenvalue weighted by Gasteiger charge is -1.89. The van der Waals surface area contributed by atoms with Crippen LogP contribution in [0.1, 0.15) is 6.42 Å². The highest BCUT2D eigenvalue weighted by Gasteiger charge is 2.51. The average molecular weight is 97.1 g/mol. The first kappa shape index (κ1) is 3.47. The standard InChI is InChI=1S/C5H5O2/c6-5-4-1-3(4)2-7-5/h3H,1-2H2. The molecular weight excluding hydrogens is 92.1 g/mol. The predicted molar refractivity (Wildman–Crippen MR) is 22.3 cm³/mol. The van der Waals surface area contributed by atoms with Crippen LogP contribution in [0.25, 0.3) is 0 Å². The highest BCUT2D eigenvalue weighted by atomic mass is 16.5. The Kier molecular flexibility index (Phi) is 0.412. The van der Waals surface area contributed by atoms with Crippen LogP contribution in [0, 0.1) is 11.8 Å². The average Bonchev–Trinajstić information content (AvgIpc) is 2.33. The van der Waals surface area contributed by atoms with Gasteiger partial charge in [-0.15, -0.1) is 0 Å². The lowest BCUT2D eigenvalue weighted by molar-refractivity contribution is -0.137. The molecule has 0 bridgehead atoms. The van der Waals surface area contributed by atoms with E-state index in [4.69, 9.17) is 0 Å². The second kappa shape index (κ2) is 0.831. The van der Waals surface area contributed by atoms with Crippen molar-refractivity contribution in [2.75, 3.05) is 6.61 Å². The summed E-state index contributed by atoms with van der Waals surface area (Å²) in [7, 11) is 0. The third kappa shape index (κ3) is 0.315. The highest BCUT2D eigenvalue weighted by molar-refractivity contribution is 5.91. The molecule has 0 N–H and O–H groups in total. The van der Waals surface area contributed by atoms with E-state index < -0.39 is 0 Å². The molecule has 2 aliphatic rings. The number of fused-ring (bicyclic) bond motifs is 1. The third-order valence-electron chi connectivity index (χ3n) is 1.48. The molecule has 0 spiro atoms. The van der Waals surface area contributed by atoms with Crippen LogP contribution in [-0.2, 0) is 9.53 Å². The summed E-state index contributed by atoms with van der Waals surface area (Å²) in [5.41, 5.74) is 0. The summed E-state index contributed by atoms with van der Waals surface area (Å²) in [4.78, 5) is 10.4. The quantitative estimate of drug-likeness (QED) is 0.402. The van der Waals surface area contributed by atoms with Gasteiger partial charge in [0.25, 0.3) is 0 Å². The summed E-state index contributed by atoms with van der Waals surface area (Å²) in [6.45, 7) is 0.661. The zero-order valence-corrected chi connectivity index (χ0v) is 3.81. The minimum Gasteiger partial charge on any atom is -0.465 e. The Balaban J connectivity index is 2.21. The summed E-state index contributed by atoms with van der Waals surface area (Å²) in [6, 6.07) is 0. The van der Waals surface area contributed by atoms with Crippen molar-refractivity contribution in [2.45, 2.75) is 6.42 Å². The van der Waals surface area contributed by atoms with Crippen LogP contribution >= 0.6 is 0 Å². The molecule has 2 heteroatoms. The van der Waals surface area contributed by atoms with Gasteiger partial charge in [-0.1, -0.05) is 0 Å². The smallest absolute Gasteiger partial charge is 0.313 e. The Bertz CT molecular complexity index is 119. The van der Waals surface area contributed by atoms with Crippen molar-refractivity contribution in [3.63, 3.8) is 0 Å². The van der Waals surface area contributed by atoms with Crippen molar-refractivity contribution in [2.24, 2.45) is 5.92 Å². The van der Waals surface area contributed by atoms with E-state index in [1.807, 2.05) is 0 Å². The molecule has 0 aromatic rings. The fourth-order valence-corrected chi connectivity index (χ4v) is 0.885. The monoisotopic (exact) mass is 97.0 g/mol. The van der Waals surface area contributed by atoms with Crippen molar-refractivity contribution >= 4 is 5.97 Å². The second-order valence-corrected chi connectivity index (χ2v) is 2.02. The molecule has 1 radical (unpaired) electrons. The minimum absolute atomic E-state index is 0.0509. The molecule has 37 valence electrons. The number of hydrogen-bond acceptors (Lipinski definition) is 2. The fourth-order valence-electron chi connectivity index (χ4n) is 0.885. The Morgan fingerprint density at radius 3 is 2.71 bits per heavy atom. The number of cyclic esters (lactones) is 1. The maximum atomic E-state index is 10.4. The van der Waals surface area contributed by atoms with E-state index in [0.717, 1.165) is 12.3 Å². The van der Waals surface area contributed by atoms with Gasteiger partial charge in [-0.25, -0.2) is 0 Å². The molecule has 0 aromatic carbocycles. The van der Waals surface area contributed by atoms with Crippen LogP contribution in [0.15, 0.2) is 0 Å². The van der Waals surface area contributed by atoms with Crippen molar-refractivity contribution in [3.8, 4) is 0 Å². The molecule has 2 fully saturated rings. The SMILES string of the molecule is O=C1OCC2C[C]12. The van der Waals surface area contributed by atoms with Crippen molar-refractivity contribution in [1.82, 2.24) is 0 Å². The Morgan fingerprint density at radius 2 is 2.57 bits per heavy atom. The van der Waals surface area contributed by atoms with Gasteiger partial charge in [-0.2, -0.15) is 0 Å². The zero-order chi connectivity index (χ0) is 4.85. The lowest BCUT2D eigenvalue weighted by atomic mass is 10.4. The predicted octanol–water partition coefficient (Wildman–Crippen LogP) is 0.138. The van der Waals surface area contributed by atoms with Gasteiger partial charge in [0.15, 0.2) is 0 Å². The zero-order valence-electron chi connectivity index (χ0n) is 3.81. The van der Waals surface area contributed by atoms with Gasteiger partial charge in [-0.05, 0) is 6.42 Å². The Hall–Kier alpha value is -0.530. The summed E-state index contributed by atoms with van der Waals surface area (Å²) >= 11 is 0. The first-order chi connectivity index (χ1) is 3.38. The maximum Gasteiger partial charge on any atom is 0.313 e. The Labute approximate surface area is 41.5 Å². The van der Waals surface area contributed by atoms with Gasteiger partial charge < -0.3 is 4.74 Å². The molecule has 7 heavy (non-hydrogen) atoms. The van der Waals surface area contributed by atoms with E-state index in [1.54, 1.807) is 0 Å². The van der Waals surface area contributed by atoms with Crippen LogP contribution < -0.4 is 0 Å². The van der Waals surface area contributed by atoms with E-state index in [2.05, 4.69) is 4.74 Å². The van der Waals surface area contributed by atoms with Gasteiger partial charge in [0.2, 0.25) is 0 Å². The molecule has 1 unspecified atom stereocenters. The normalized spacial score (nSPS) is 37.7. The molecule has 1 saturated carbocycles. The molecule has 1 saturated heterocycles. The summed E-state index contributed by atoms with van der Waals surface area (Å²) in [5.74, 6) is 1.50. The minimum atomic E-state index is -0.0509. The number of carbonyl (C=O) groups excluding carboxylic acids is 1. The first-order valence-electron chi connectivity index (χ1n) is 2.41. The van der Waals surface area contributed by atoms with E-state index in [-0.39, 0.29) is 5.97 Å². The molecule has 0 amide bonds. The van der Waals surface area contributed by atoms with Gasteiger partial charge in [0, 0.05) is 5.92 Å². The van der Waals surface area contributed by atoms with Crippen molar-refractivity contribution in [1.29, 1.82) is 0 Å². The van der Waals surface area contributed by atoms with Crippen LogP contribution in [0.5, 0.6) is 0 Å². The molecule has 1 atom stereocenters. The second-order valence-electron chi connectivity index (χ2n) is 2.02. The number of esters is 1. The molecule has 1 aliphatic heterocycles. The van der Waals surface area contributed by atoms with E-state index >= 15 is 0 Å². The number of carbonyl (C=O) groups is 1. The molecule has 0 aromatic heterocycles. The molecule has 2 rings (SSSR count). The largest absolute Gasteiger partial charge is 0.465 e. The van der Waals surface area contributed by atoms with Crippen molar-refractivity contribution in [3.05, 3.63) is 5.92 Å². The number of ether oxygens (including phenoxy) is 1. The van der Waals surface area contributed by atoms with E-state index in [1.165, 1.54) is 0 Å². The van der Waals surface area contributed by atoms with E-state index in [9.17, 15) is 4.79 Å². The number of hydrogen-bond donors (Lipinski definition) is 0. The summed E-state index contributed by atoms with van der Waals surface area (Å²) in [5, 5.41) is 0. The molecular formula is C5H5O2. The summed E-state index contributed by atoms with van der Waals surface area (Å²) in [6.07, 6.45) is 1.01. The lowest BCUT2D eigenvalue weighted by Crippen LogP contribution is -1.96. The first-order valence-corrected chi connectivity index (χ1v) is 2.41. The Morgan fingerprint density at radius 1 is 1.71 bits per heavy atom. The molecule has 2 nitrogen and oxygen atoms in total. The highest BCUT2D eigenvalue weighted by Crippen LogP contribution is 2.46. The van der Waals surface area contributed by atoms with Crippen LogP contribution in [0.4, 0.5) is 0 Å². The van der Waals surface area contributed by atoms with Crippen molar-refractivity contribution < 1.29 is 9.53 Å². The van der Waals surface area contributed by atoms with Crippen LogP contribution in [-0.4, -0.2) is 12.6 Å². The maximum absolute atomic E-state index is 10.4. The topological polar surface area (TPSA) is 26.3 Å². The van der Waals surface area contributed by atoms with Crippen LogP contribution in [0.3, 0.4) is 0 Å². The van der Waals surface area contributed by atoms with Crippen LogP contribution in [0.2, 0.25) is 0 Å². The molecule has 1 heterocycles. The van der Waals surface area contributed by atoms with E-state index in [0.29, 0.717) is 12.5 Å². The van der Waals surface area contributed by atoms with Gasteiger partial charge >= 0.3 is 5.97 Å². The van der Waals surface area contributed by atoms with Gasteiger partial charge in [0.1, 0.15) is 0 Å². The summed E-state index contributed by atoms with van der Waals surface area (Å²) < 4.78 is 4.64. The fraction of sp³-hybridized carbons (Fsp3) is 0.600. The molecule has 1 aliphatic carbocycles. The van der Waals surface area contributed by atoms with Gasteiger partial charge in [0.05, 0.1) is 12.5 Å².